The van der Waals surface area contributed by atoms with Gasteiger partial charge in [0.1, 0.15) is 11.5 Å². The van der Waals surface area contributed by atoms with Gasteiger partial charge in [0.15, 0.2) is 0 Å². The number of anilines is 1. The average Bonchev–Trinajstić information content (AvgIpc) is 2.78. The lowest BCUT2D eigenvalue weighted by atomic mass is 10.0. The molecule has 0 saturated carbocycles. The van der Waals surface area contributed by atoms with Crippen molar-refractivity contribution in [2.24, 2.45) is 0 Å². The summed E-state index contributed by atoms with van der Waals surface area (Å²) in [5.74, 6) is -0.832. The number of phenols is 2. The summed E-state index contributed by atoms with van der Waals surface area (Å²) in [5, 5.41) is 20.9. The number of carbonyl (C=O) groups is 1. The van der Waals surface area contributed by atoms with Crippen molar-refractivity contribution in [1.29, 1.82) is 0 Å². The number of nitrogens with zero attached hydrogens (tertiary/aromatic N) is 2. The van der Waals surface area contributed by atoms with E-state index in [0.717, 1.165) is 22.8 Å². The SMILES string of the molecule is O=C(c1ccc(O)cc1O)N(Cc1cccnc1)c1ccc(-c2ccc(Cl)cc2Cl)cc1. The number of aromatic nitrogens is 1. The Morgan fingerprint density at radius 1 is 0.938 bits per heavy atom. The third-order valence-corrected chi connectivity index (χ3v) is 5.49. The van der Waals surface area contributed by atoms with Crippen molar-refractivity contribution in [3.8, 4) is 22.6 Å². The first-order valence-electron chi connectivity index (χ1n) is 9.70. The van der Waals surface area contributed by atoms with Gasteiger partial charge >= 0.3 is 0 Å². The van der Waals surface area contributed by atoms with Crippen LogP contribution in [0.15, 0.2) is 85.2 Å². The summed E-state index contributed by atoms with van der Waals surface area (Å²) in [4.78, 5) is 19.0. The highest BCUT2D eigenvalue weighted by Crippen LogP contribution is 2.33. The van der Waals surface area contributed by atoms with Crippen LogP contribution >= 0.6 is 23.2 Å². The highest BCUT2D eigenvalue weighted by atomic mass is 35.5. The molecule has 2 N–H and O–H groups in total. The van der Waals surface area contributed by atoms with Crippen LogP contribution in [-0.4, -0.2) is 21.1 Å². The van der Waals surface area contributed by atoms with Crippen LogP contribution in [0.1, 0.15) is 15.9 Å². The van der Waals surface area contributed by atoms with Gasteiger partial charge in [-0.2, -0.15) is 0 Å². The lowest BCUT2D eigenvalue weighted by Gasteiger charge is -2.24. The summed E-state index contributed by atoms with van der Waals surface area (Å²) in [6.07, 6.45) is 3.34. The Kier molecular flexibility index (Phi) is 6.30. The Balaban J connectivity index is 1.71. The Bertz CT molecular complexity index is 1260. The van der Waals surface area contributed by atoms with E-state index in [0.29, 0.717) is 15.7 Å². The number of aromatic hydroxyl groups is 2. The van der Waals surface area contributed by atoms with Gasteiger partial charge in [-0.25, -0.2) is 0 Å². The minimum Gasteiger partial charge on any atom is -0.508 e. The van der Waals surface area contributed by atoms with Gasteiger partial charge in [0, 0.05) is 39.8 Å². The monoisotopic (exact) mass is 464 g/mol. The van der Waals surface area contributed by atoms with Crippen LogP contribution in [0.4, 0.5) is 5.69 Å². The molecule has 0 aliphatic rings. The molecule has 0 fully saturated rings. The first-order chi connectivity index (χ1) is 15.4. The summed E-state index contributed by atoms with van der Waals surface area (Å²) in [6.45, 7) is 0.244. The van der Waals surface area contributed by atoms with Crippen molar-refractivity contribution in [2.45, 2.75) is 6.54 Å². The molecule has 1 heterocycles. The maximum Gasteiger partial charge on any atom is 0.262 e. The topological polar surface area (TPSA) is 73.7 Å². The van der Waals surface area contributed by atoms with E-state index in [-0.39, 0.29) is 23.6 Å². The fourth-order valence-corrected chi connectivity index (χ4v) is 3.86. The number of benzene rings is 3. The van der Waals surface area contributed by atoms with Crippen LogP contribution in [0.5, 0.6) is 11.5 Å². The maximum absolute atomic E-state index is 13.4. The van der Waals surface area contributed by atoms with Gasteiger partial charge < -0.3 is 15.1 Å². The third kappa shape index (κ3) is 4.69. The number of amides is 1. The number of hydrogen-bond acceptors (Lipinski definition) is 4. The number of hydrogen-bond donors (Lipinski definition) is 2. The molecule has 160 valence electrons. The molecular formula is C25H18Cl2N2O3. The molecule has 0 spiro atoms. The zero-order chi connectivity index (χ0) is 22.7. The molecule has 0 saturated heterocycles. The van der Waals surface area contributed by atoms with Gasteiger partial charge in [-0.1, -0.05) is 47.5 Å². The van der Waals surface area contributed by atoms with Crippen molar-refractivity contribution in [1.82, 2.24) is 4.98 Å². The largest absolute Gasteiger partial charge is 0.508 e. The highest BCUT2D eigenvalue weighted by molar-refractivity contribution is 6.36. The number of halogens is 2. The van der Waals surface area contributed by atoms with Gasteiger partial charge in [-0.15, -0.1) is 0 Å². The second kappa shape index (κ2) is 9.30. The van der Waals surface area contributed by atoms with Crippen molar-refractivity contribution < 1.29 is 15.0 Å². The van der Waals surface area contributed by atoms with Gasteiger partial charge in [0.05, 0.1) is 12.1 Å². The lowest BCUT2D eigenvalue weighted by Crippen LogP contribution is -2.30. The van der Waals surface area contributed by atoms with Crippen molar-refractivity contribution >= 4 is 34.8 Å². The number of pyridine rings is 1. The van der Waals surface area contributed by atoms with E-state index in [9.17, 15) is 15.0 Å². The summed E-state index contributed by atoms with van der Waals surface area (Å²) in [6, 6.07) is 20.2. The zero-order valence-corrected chi connectivity index (χ0v) is 18.3. The molecule has 0 aliphatic carbocycles. The van der Waals surface area contributed by atoms with Gasteiger partial charge in [0.2, 0.25) is 0 Å². The molecule has 0 atom stereocenters. The summed E-state index contributed by atoms with van der Waals surface area (Å²) in [5.41, 5.74) is 3.22. The van der Waals surface area contributed by atoms with Crippen LogP contribution < -0.4 is 4.90 Å². The first kappa shape index (κ1) is 21.7. The molecule has 0 bridgehead atoms. The molecule has 3 aromatic carbocycles. The predicted octanol–water partition coefficient (Wildman–Crippen LogP) is 6.31. The van der Waals surface area contributed by atoms with E-state index in [1.54, 1.807) is 30.6 Å². The first-order valence-corrected chi connectivity index (χ1v) is 10.5. The van der Waals surface area contributed by atoms with E-state index in [2.05, 4.69) is 4.98 Å². The molecule has 1 amide bonds. The Morgan fingerprint density at radius 3 is 2.38 bits per heavy atom. The van der Waals surface area contributed by atoms with Gasteiger partial charge in [-0.05, 0) is 53.6 Å². The minimum absolute atomic E-state index is 0.0801. The summed E-state index contributed by atoms with van der Waals surface area (Å²) < 4.78 is 0. The minimum atomic E-state index is -0.413. The Morgan fingerprint density at radius 2 is 1.72 bits per heavy atom. The quantitative estimate of drug-likeness (QED) is 0.362. The van der Waals surface area contributed by atoms with E-state index in [4.69, 9.17) is 23.2 Å². The summed E-state index contributed by atoms with van der Waals surface area (Å²) in [7, 11) is 0. The fourth-order valence-electron chi connectivity index (χ4n) is 3.35. The Hall–Kier alpha value is -3.54. The average molecular weight is 465 g/mol. The Labute approximate surface area is 195 Å². The standard InChI is InChI=1S/C25H18Cl2N2O3/c26-18-5-9-21(23(27)12-18)17-3-6-19(7-4-17)29(15-16-2-1-11-28-14-16)25(32)22-10-8-20(30)13-24(22)31/h1-14,30-31H,15H2. The van der Waals surface area contributed by atoms with Crippen molar-refractivity contribution in [2.75, 3.05) is 4.90 Å². The molecule has 32 heavy (non-hydrogen) atoms. The van der Waals surface area contributed by atoms with E-state index < -0.39 is 5.91 Å². The van der Waals surface area contributed by atoms with Crippen LogP contribution in [-0.2, 0) is 6.54 Å². The molecule has 7 heteroatoms. The number of carbonyl (C=O) groups excluding carboxylic acids is 1. The van der Waals surface area contributed by atoms with Crippen LogP contribution in [0.2, 0.25) is 10.0 Å². The molecular weight excluding hydrogens is 447 g/mol. The van der Waals surface area contributed by atoms with Crippen LogP contribution in [0, 0.1) is 0 Å². The molecule has 1 aromatic heterocycles. The number of phenolic OH excluding ortho intramolecular Hbond substituents is 2. The van der Waals surface area contributed by atoms with Gasteiger partial charge in [-0.3, -0.25) is 9.78 Å². The fraction of sp³-hybridized carbons (Fsp3) is 0.0400. The maximum atomic E-state index is 13.4. The second-order valence-corrected chi connectivity index (χ2v) is 7.97. The lowest BCUT2D eigenvalue weighted by molar-refractivity contribution is 0.0982. The van der Waals surface area contributed by atoms with Crippen LogP contribution in [0.3, 0.4) is 0 Å². The van der Waals surface area contributed by atoms with Crippen LogP contribution in [0.25, 0.3) is 11.1 Å². The smallest absolute Gasteiger partial charge is 0.262 e. The normalized spacial score (nSPS) is 10.7. The van der Waals surface area contributed by atoms with E-state index in [1.807, 2.05) is 36.4 Å². The van der Waals surface area contributed by atoms with E-state index in [1.165, 1.54) is 17.0 Å². The van der Waals surface area contributed by atoms with Gasteiger partial charge in [0.25, 0.3) is 5.91 Å². The molecule has 0 unspecified atom stereocenters. The van der Waals surface area contributed by atoms with Crippen molar-refractivity contribution in [3.63, 3.8) is 0 Å². The number of rotatable bonds is 5. The zero-order valence-electron chi connectivity index (χ0n) is 16.7. The van der Waals surface area contributed by atoms with E-state index >= 15 is 0 Å². The third-order valence-electron chi connectivity index (χ3n) is 4.94. The molecule has 0 aliphatic heterocycles. The summed E-state index contributed by atoms with van der Waals surface area (Å²) >= 11 is 12.3. The van der Waals surface area contributed by atoms with Crippen molar-refractivity contribution in [3.05, 3.63) is 106 Å². The molecule has 4 rings (SSSR count). The molecule has 0 radical (unpaired) electrons. The predicted molar refractivity (Wildman–Crippen MR) is 126 cm³/mol. The molecule has 5 nitrogen and oxygen atoms in total. The highest BCUT2D eigenvalue weighted by Gasteiger charge is 2.22. The molecule has 4 aromatic rings. The second-order valence-electron chi connectivity index (χ2n) is 7.13.